The quantitative estimate of drug-likeness (QED) is 0.671. The van der Waals surface area contributed by atoms with Gasteiger partial charge in [-0.1, -0.05) is 25.1 Å². The molecule has 154 valence electrons. The van der Waals surface area contributed by atoms with E-state index in [0.29, 0.717) is 17.1 Å². The van der Waals surface area contributed by atoms with Gasteiger partial charge in [-0.05, 0) is 49.3 Å². The number of ether oxygens (including phenoxy) is 1. The van der Waals surface area contributed by atoms with Gasteiger partial charge in [-0.25, -0.2) is 4.79 Å². The highest BCUT2D eigenvalue weighted by atomic mass is 32.1. The van der Waals surface area contributed by atoms with Crippen LogP contribution in [0.3, 0.4) is 0 Å². The van der Waals surface area contributed by atoms with Gasteiger partial charge in [0.2, 0.25) is 0 Å². The van der Waals surface area contributed by atoms with Crippen LogP contribution in [0.15, 0.2) is 41.8 Å². The van der Waals surface area contributed by atoms with E-state index >= 15 is 0 Å². The molecule has 6 nitrogen and oxygen atoms in total. The standard InChI is InChI=1S/C22H26N2O4S/c1-3-16-9-6-7-13-24(16)20(25)15-28-22(27)17-10-4-5-11-18(17)23(2)21(26)19-12-8-14-29-19/h4-5,8,10-12,14,16H,3,6-7,9,13,15H2,1-2H3. The smallest absolute Gasteiger partial charge is 0.340 e. The van der Waals surface area contributed by atoms with E-state index in [4.69, 9.17) is 4.74 Å². The van der Waals surface area contributed by atoms with Gasteiger partial charge in [-0.3, -0.25) is 9.59 Å². The first-order valence-corrected chi connectivity index (χ1v) is 10.8. The Bertz CT molecular complexity index is 865. The summed E-state index contributed by atoms with van der Waals surface area (Å²) in [7, 11) is 1.62. The number of carbonyl (C=O) groups excluding carboxylic acids is 3. The van der Waals surface area contributed by atoms with Crippen molar-refractivity contribution in [2.24, 2.45) is 0 Å². The zero-order valence-corrected chi connectivity index (χ0v) is 17.6. The lowest BCUT2D eigenvalue weighted by molar-refractivity contribution is -0.138. The average molecular weight is 415 g/mol. The highest BCUT2D eigenvalue weighted by molar-refractivity contribution is 7.12. The lowest BCUT2D eigenvalue weighted by Gasteiger charge is -2.35. The number of piperidine rings is 1. The molecule has 2 heterocycles. The Hall–Kier alpha value is -2.67. The summed E-state index contributed by atoms with van der Waals surface area (Å²) in [5.74, 6) is -0.967. The third-order valence-corrected chi connectivity index (χ3v) is 6.13. The minimum absolute atomic E-state index is 0.162. The molecule has 2 aromatic rings. The predicted molar refractivity (Wildman–Crippen MR) is 113 cm³/mol. The Morgan fingerprint density at radius 3 is 2.69 bits per heavy atom. The summed E-state index contributed by atoms with van der Waals surface area (Å²) in [6.07, 6.45) is 4.00. The Labute approximate surface area is 175 Å². The van der Waals surface area contributed by atoms with Crippen molar-refractivity contribution in [3.05, 3.63) is 52.2 Å². The van der Waals surface area contributed by atoms with E-state index in [1.165, 1.54) is 16.2 Å². The minimum atomic E-state index is -0.607. The third kappa shape index (κ3) is 4.85. The number of benzene rings is 1. The number of hydrogen-bond acceptors (Lipinski definition) is 5. The van der Waals surface area contributed by atoms with Crippen molar-refractivity contribution in [1.29, 1.82) is 0 Å². The fourth-order valence-electron chi connectivity index (χ4n) is 3.65. The SMILES string of the molecule is CCC1CCCCN1C(=O)COC(=O)c1ccccc1N(C)C(=O)c1cccs1. The van der Waals surface area contributed by atoms with Crippen LogP contribution >= 0.6 is 11.3 Å². The van der Waals surface area contributed by atoms with Crippen molar-refractivity contribution in [3.63, 3.8) is 0 Å². The normalized spacial score (nSPS) is 16.3. The molecule has 0 radical (unpaired) electrons. The van der Waals surface area contributed by atoms with Crippen LogP contribution in [-0.4, -0.2) is 48.9 Å². The van der Waals surface area contributed by atoms with E-state index in [0.717, 1.165) is 25.7 Å². The molecule has 1 fully saturated rings. The monoisotopic (exact) mass is 414 g/mol. The maximum absolute atomic E-state index is 12.7. The van der Waals surface area contributed by atoms with E-state index in [9.17, 15) is 14.4 Å². The summed E-state index contributed by atoms with van der Waals surface area (Å²) in [5.41, 5.74) is 0.714. The predicted octanol–water partition coefficient (Wildman–Crippen LogP) is 3.97. The molecule has 1 aliphatic rings. The number of esters is 1. The van der Waals surface area contributed by atoms with E-state index in [-0.39, 0.29) is 30.0 Å². The number of likely N-dealkylation sites (tertiary alicyclic amines) is 1. The Balaban J connectivity index is 1.68. The molecule has 1 aliphatic heterocycles. The zero-order chi connectivity index (χ0) is 20.8. The number of amides is 2. The van der Waals surface area contributed by atoms with Gasteiger partial charge in [0, 0.05) is 19.6 Å². The number of anilines is 1. The molecule has 0 bridgehead atoms. The van der Waals surface area contributed by atoms with Crippen LogP contribution in [0.25, 0.3) is 0 Å². The summed E-state index contributed by atoms with van der Waals surface area (Å²) in [4.78, 5) is 41.8. The zero-order valence-electron chi connectivity index (χ0n) is 16.8. The summed E-state index contributed by atoms with van der Waals surface area (Å²) in [6.45, 7) is 2.49. The molecule has 29 heavy (non-hydrogen) atoms. The lowest BCUT2D eigenvalue weighted by atomic mass is 10.00. The van der Waals surface area contributed by atoms with Crippen LogP contribution in [0.1, 0.15) is 52.6 Å². The van der Waals surface area contributed by atoms with Crippen LogP contribution in [0.2, 0.25) is 0 Å². The number of hydrogen-bond donors (Lipinski definition) is 0. The number of para-hydroxylation sites is 1. The molecule has 1 unspecified atom stereocenters. The molecule has 1 aromatic heterocycles. The number of rotatable bonds is 6. The van der Waals surface area contributed by atoms with Crippen molar-refractivity contribution >= 4 is 34.8 Å². The maximum atomic E-state index is 12.7. The molecule has 0 saturated carbocycles. The molecule has 3 rings (SSSR count). The number of thiophene rings is 1. The number of nitrogens with zero attached hydrogens (tertiary/aromatic N) is 2. The second kappa shape index (κ2) is 9.69. The maximum Gasteiger partial charge on any atom is 0.340 e. The first-order chi connectivity index (χ1) is 14.0. The Morgan fingerprint density at radius 1 is 1.17 bits per heavy atom. The van der Waals surface area contributed by atoms with Gasteiger partial charge in [0.05, 0.1) is 16.1 Å². The van der Waals surface area contributed by atoms with Crippen molar-refractivity contribution in [2.75, 3.05) is 25.1 Å². The van der Waals surface area contributed by atoms with Gasteiger partial charge in [0.25, 0.3) is 11.8 Å². The molecule has 0 spiro atoms. The molecule has 1 aromatic carbocycles. The fourth-order valence-corrected chi connectivity index (χ4v) is 4.35. The van der Waals surface area contributed by atoms with Crippen molar-refractivity contribution in [3.8, 4) is 0 Å². The van der Waals surface area contributed by atoms with Crippen LogP contribution in [0, 0.1) is 0 Å². The van der Waals surface area contributed by atoms with Crippen molar-refractivity contribution in [1.82, 2.24) is 4.90 Å². The summed E-state index contributed by atoms with van der Waals surface area (Å²) in [6, 6.07) is 10.5. The van der Waals surface area contributed by atoms with Crippen molar-refractivity contribution in [2.45, 2.75) is 38.6 Å². The molecule has 0 N–H and O–H groups in total. The van der Waals surface area contributed by atoms with Gasteiger partial charge >= 0.3 is 5.97 Å². The lowest BCUT2D eigenvalue weighted by Crippen LogP contribution is -2.45. The molecule has 0 aliphatic carbocycles. The van der Waals surface area contributed by atoms with Crippen LogP contribution in [0.5, 0.6) is 0 Å². The summed E-state index contributed by atoms with van der Waals surface area (Å²) < 4.78 is 5.33. The largest absolute Gasteiger partial charge is 0.452 e. The molecule has 1 atom stereocenters. The average Bonchev–Trinajstić information content (AvgIpc) is 3.31. The van der Waals surface area contributed by atoms with Gasteiger partial charge in [-0.15, -0.1) is 11.3 Å². The summed E-state index contributed by atoms with van der Waals surface area (Å²) in [5, 5.41) is 1.83. The molecule has 1 saturated heterocycles. The van der Waals surface area contributed by atoms with Crippen LogP contribution in [-0.2, 0) is 9.53 Å². The van der Waals surface area contributed by atoms with E-state index < -0.39 is 5.97 Å². The first-order valence-electron chi connectivity index (χ1n) is 9.90. The highest BCUT2D eigenvalue weighted by Gasteiger charge is 2.27. The third-order valence-electron chi connectivity index (χ3n) is 5.27. The van der Waals surface area contributed by atoms with Gasteiger partial charge < -0.3 is 14.5 Å². The molecular weight excluding hydrogens is 388 g/mol. The molecule has 2 amide bonds. The topological polar surface area (TPSA) is 66.9 Å². The number of carbonyl (C=O) groups is 3. The van der Waals surface area contributed by atoms with Crippen molar-refractivity contribution < 1.29 is 19.1 Å². The van der Waals surface area contributed by atoms with Gasteiger partial charge in [0.15, 0.2) is 6.61 Å². The second-order valence-electron chi connectivity index (χ2n) is 7.08. The minimum Gasteiger partial charge on any atom is -0.452 e. The van der Waals surface area contributed by atoms with Gasteiger partial charge in [0.1, 0.15) is 0 Å². The Morgan fingerprint density at radius 2 is 1.97 bits per heavy atom. The first kappa shape index (κ1) is 21.0. The Kier molecular flexibility index (Phi) is 7.04. The second-order valence-corrected chi connectivity index (χ2v) is 8.03. The van der Waals surface area contributed by atoms with E-state index in [1.54, 1.807) is 37.4 Å². The van der Waals surface area contributed by atoms with Crippen LogP contribution in [0.4, 0.5) is 5.69 Å². The van der Waals surface area contributed by atoms with E-state index in [1.807, 2.05) is 16.3 Å². The summed E-state index contributed by atoms with van der Waals surface area (Å²) >= 11 is 1.34. The molecular formula is C22H26N2O4S. The van der Waals surface area contributed by atoms with Crippen LogP contribution < -0.4 is 4.90 Å². The highest BCUT2D eigenvalue weighted by Crippen LogP contribution is 2.24. The van der Waals surface area contributed by atoms with Gasteiger partial charge in [-0.2, -0.15) is 0 Å². The fraction of sp³-hybridized carbons (Fsp3) is 0.409. The molecule has 7 heteroatoms. The van der Waals surface area contributed by atoms with E-state index in [2.05, 4.69) is 6.92 Å².